The van der Waals surface area contributed by atoms with E-state index in [2.05, 4.69) is 21.2 Å². The first-order valence-electron chi connectivity index (χ1n) is 6.07. The standard InChI is InChI=1S/C15H13BrClF2N/c1-20-15(12-5-3-10(17)7-14(12)19)6-9-2-4-11(18)8-13(9)16/h2-5,7-8,15,20H,6H2,1H3. The summed E-state index contributed by atoms with van der Waals surface area (Å²) < 4.78 is 27.7. The van der Waals surface area contributed by atoms with Gasteiger partial charge in [-0.2, -0.15) is 0 Å². The maximum absolute atomic E-state index is 14.0. The molecule has 0 heterocycles. The molecule has 2 rings (SSSR count). The van der Waals surface area contributed by atoms with Crippen LogP contribution in [-0.2, 0) is 6.42 Å². The maximum atomic E-state index is 14.0. The highest BCUT2D eigenvalue weighted by Gasteiger charge is 2.16. The topological polar surface area (TPSA) is 12.0 Å². The fourth-order valence-corrected chi connectivity index (χ4v) is 2.73. The van der Waals surface area contributed by atoms with Gasteiger partial charge in [-0.1, -0.05) is 39.7 Å². The van der Waals surface area contributed by atoms with E-state index in [1.165, 1.54) is 18.2 Å². The predicted molar refractivity (Wildman–Crippen MR) is 81.0 cm³/mol. The van der Waals surface area contributed by atoms with Crippen LogP contribution in [0.25, 0.3) is 0 Å². The minimum absolute atomic E-state index is 0.214. The molecular weight excluding hydrogens is 348 g/mol. The molecule has 0 aliphatic heterocycles. The minimum atomic E-state index is -0.352. The zero-order chi connectivity index (χ0) is 14.7. The van der Waals surface area contributed by atoms with E-state index in [0.717, 1.165) is 5.56 Å². The number of likely N-dealkylation sites (N-methyl/N-ethyl adjacent to an activating group) is 1. The number of benzene rings is 2. The molecule has 0 aliphatic carbocycles. The van der Waals surface area contributed by atoms with Crippen LogP contribution in [-0.4, -0.2) is 7.05 Å². The molecule has 20 heavy (non-hydrogen) atoms. The predicted octanol–water partition coefficient (Wildman–Crippen LogP) is 4.88. The molecule has 0 bridgehead atoms. The Morgan fingerprint density at radius 3 is 2.55 bits per heavy atom. The summed E-state index contributed by atoms with van der Waals surface area (Å²) in [5, 5.41) is 3.44. The quantitative estimate of drug-likeness (QED) is 0.819. The molecule has 0 saturated carbocycles. The molecule has 0 aliphatic rings. The van der Waals surface area contributed by atoms with Crippen molar-refractivity contribution in [3.8, 4) is 0 Å². The van der Waals surface area contributed by atoms with Gasteiger partial charge in [0.05, 0.1) is 0 Å². The van der Waals surface area contributed by atoms with Gasteiger partial charge in [-0.25, -0.2) is 8.78 Å². The largest absolute Gasteiger partial charge is 0.313 e. The van der Waals surface area contributed by atoms with Gasteiger partial charge < -0.3 is 5.32 Å². The van der Waals surface area contributed by atoms with Crippen molar-refractivity contribution >= 4 is 27.5 Å². The summed E-state index contributed by atoms with van der Waals surface area (Å²) in [7, 11) is 1.76. The van der Waals surface area contributed by atoms with E-state index in [9.17, 15) is 8.78 Å². The molecule has 0 aromatic heterocycles. The highest BCUT2D eigenvalue weighted by Crippen LogP contribution is 2.27. The van der Waals surface area contributed by atoms with Gasteiger partial charge in [-0.05, 0) is 43.3 Å². The van der Waals surface area contributed by atoms with Crippen molar-refractivity contribution in [3.05, 3.63) is 68.7 Å². The fraction of sp³-hybridized carbons (Fsp3) is 0.200. The summed E-state index contributed by atoms with van der Waals surface area (Å²) in [6.45, 7) is 0. The van der Waals surface area contributed by atoms with Crippen LogP contribution in [0.2, 0.25) is 5.02 Å². The molecule has 1 nitrogen and oxygen atoms in total. The maximum Gasteiger partial charge on any atom is 0.129 e. The molecule has 0 amide bonds. The van der Waals surface area contributed by atoms with E-state index in [1.807, 2.05) is 0 Å². The van der Waals surface area contributed by atoms with Crippen molar-refractivity contribution in [2.45, 2.75) is 12.5 Å². The summed E-state index contributed by atoms with van der Waals surface area (Å²) in [6, 6.07) is 8.89. The van der Waals surface area contributed by atoms with Crippen molar-refractivity contribution in [3.63, 3.8) is 0 Å². The third kappa shape index (κ3) is 3.57. The zero-order valence-electron chi connectivity index (χ0n) is 10.8. The molecule has 1 atom stereocenters. The van der Waals surface area contributed by atoms with Crippen LogP contribution in [0.1, 0.15) is 17.2 Å². The van der Waals surface area contributed by atoms with Gasteiger partial charge in [0.2, 0.25) is 0 Å². The Morgan fingerprint density at radius 1 is 1.20 bits per heavy atom. The van der Waals surface area contributed by atoms with Crippen LogP contribution in [0.4, 0.5) is 8.78 Å². The SMILES string of the molecule is CNC(Cc1ccc(F)cc1Br)c1ccc(Cl)cc1F. The number of halogens is 4. The second-order valence-electron chi connectivity index (χ2n) is 4.45. The molecule has 0 fully saturated rings. The molecule has 106 valence electrons. The molecule has 2 aromatic rings. The highest BCUT2D eigenvalue weighted by molar-refractivity contribution is 9.10. The van der Waals surface area contributed by atoms with E-state index in [4.69, 9.17) is 11.6 Å². The smallest absolute Gasteiger partial charge is 0.129 e. The third-order valence-corrected chi connectivity index (χ3v) is 4.10. The van der Waals surface area contributed by atoms with Gasteiger partial charge in [0, 0.05) is 21.1 Å². The molecule has 1 unspecified atom stereocenters. The summed E-state index contributed by atoms with van der Waals surface area (Å²) >= 11 is 9.08. The molecule has 5 heteroatoms. The number of nitrogens with one attached hydrogen (secondary N) is 1. The lowest BCUT2D eigenvalue weighted by molar-refractivity contribution is 0.533. The lowest BCUT2D eigenvalue weighted by Gasteiger charge is -2.18. The average molecular weight is 361 g/mol. The summed E-state index contributed by atoms with van der Waals surface area (Å²) in [6.07, 6.45) is 0.538. The van der Waals surface area contributed by atoms with E-state index in [-0.39, 0.29) is 17.7 Å². The summed E-state index contributed by atoms with van der Waals surface area (Å²) in [5.41, 5.74) is 1.44. The second-order valence-corrected chi connectivity index (χ2v) is 5.74. The Bertz CT molecular complexity index is 619. The van der Waals surface area contributed by atoms with Gasteiger partial charge in [0.15, 0.2) is 0 Å². The van der Waals surface area contributed by atoms with Crippen molar-refractivity contribution in [2.24, 2.45) is 0 Å². The third-order valence-electron chi connectivity index (χ3n) is 3.13. The van der Waals surface area contributed by atoms with Gasteiger partial charge >= 0.3 is 0 Å². The molecular formula is C15H13BrClF2N. The zero-order valence-corrected chi connectivity index (χ0v) is 13.1. The highest BCUT2D eigenvalue weighted by atomic mass is 79.9. The Balaban J connectivity index is 2.28. The number of hydrogen-bond acceptors (Lipinski definition) is 1. The first-order valence-corrected chi connectivity index (χ1v) is 7.24. The summed E-state index contributed by atoms with van der Waals surface area (Å²) in [4.78, 5) is 0. The van der Waals surface area contributed by atoms with Crippen molar-refractivity contribution in [1.29, 1.82) is 0 Å². The van der Waals surface area contributed by atoms with Crippen LogP contribution < -0.4 is 5.32 Å². The Morgan fingerprint density at radius 2 is 1.95 bits per heavy atom. The van der Waals surface area contributed by atoms with Gasteiger partial charge in [0.1, 0.15) is 11.6 Å². The van der Waals surface area contributed by atoms with E-state index < -0.39 is 0 Å². The van der Waals surface area contributed by atoms with Crippen LogP contribution >= 0.6 is 27.5 Å². The van der Waals surface area contributed by atoms with Crippen LogP contribution in [0.5, 0.6) is 0 Å². The van der Waals surface area contributed by atoms with Crippen LogP contribution in [0, 0.1) is 11.6 Å². The molecule has 0 saturated heterocycles. The van der Waals surface area contributed by atoms with Crippen LogP contribution in [0.15, 0.2) is 40.9 Å². The Kier molecular flexibility index (Phi) is 5.13. The normalized spacial score (nSPS) is 12.4. The van der Waals surface area contributed by atoms with Crippen molar-refractivity contribution in [1.82, 2.24) is 5.32 Å². The number of hydrogen-bond donors (Lipinski definition) is 1. The summed E-state index contributed by atoms with van der Waals surface area (Å²) in [5.74, 6) is -0.658. The van der Waals surface area contributed by atoms with Crippen LogP contribution in [0.3, 0.4) is 0 Å². The monoisotopic (exact) mass is 359 g/mol. The van der Waals surface area contributed by atoms with Crippen molar-refractivity contribution < 1.29 is 8.78 Å². The van der Waals surface area contributed by atoms with Gasteiger partial charge in [-0.3, -0.25) is 0 Å². The van der Waals surface area contributed by atoms with E-state index >= 15 is 0 Å². The number of rotatable bonds is 4. The fourth-order valence-electron chi connectivity index (χ4n) is 2.06. The Labute approximate surface area is 130 Å². The first-order chi connectivity index (χ1) is 9.51. The van der Waals surface area contributed by atoms with E-state index in [0.29, 0.717) is 21.5 Å². The minimum Gasteiger partial charge on any atom is -0.313 e. The Hall–Kier alpha value is -0.970. The van der Waals surface area contributed by atoms with Gasteiger partial charge in [-0.15, -0.1) is 0 Å². The first kappa shape index (κ1) is 15.4. The molecule has 1 N–H and O–H groups in total. The second kappa shape index (κ2) is 6.66. The van der Waals surface area contributed by atoms with Crippen molar-refractivity contribution in [2.75, 3.05) is 7.05 Å². The lowest BCUT2D eigenvalue weighted by atomic mass is 9.98. The average Bonchev–Trinajstić information content (AvgIpc) is 2.39. The molecule has 0 radical (unpaired) electrons. The van der Waals surface area contributed by atoms with Gasteiger partial charge in [0.25, 0.3) is 0 Å². The lowest BCUT2D eigenvalue weighted by Crippen LogP contribution is -2.20. The van der Waals surface area contributed by atoms with E-state index in [1.54, 1.807) is 25.2 Å². The molecule has 0 spiro atoms. The molecule has 2 aromatic carbocycles.